The van der Waals surface area contributed by atoms with E-state index in [1.807, 2.05) is 97.9 Å². The number of benzene rings is 3. The Bertz CT molecular complexity index is 1070. The highest BCUT2D eigenvalue weighted by Crippen LogP contribution is 2.24. The molecule has 0 fully saturated rings. The third-order valence-electron chi connectivity index (χ3n) is 4.43. The molecule has 0 radical (unpaired) electrons. The van der Waals surface area contributed by atoms with Crippen molar-refractivity contribution in [1.82, 2.24) is 9.97 Å². The Labute approximate surface area is 178 Å². The van der Waals surface area contributed by atoms with Gasteiger partial charge in [0.15, 0.2) is 11.6 Å². The van der Waals surface area contributed by atoms with Crippen LogP contribution in [-0.4, -0.2) is 15.7 Å². The first-order chi connectivity index (χ1) is 14.2. The number of nitrogens with zero attached hydrogens (tertiary/aromatic N) is 3. The minimum absolute atomic E-state index is 0.647. The van der Waals surface area contributed by atoms with Crippen molar-refractivity contribution in [3.8, 4) is 22.6 Å². The van der Waals surface area contributed by atoms with E-state index in [1.165, 1.54) is 0 Å². The average Bonchev–Trinajstić information content (AvgIpc) is 2.79. The van der Waals surface area contributed by atoms with Gasteiger partial charge in [-0.05, 0) is 24.6 Å². The number of rotatable bonds is 5. The highest BCUT2D eigenvalue weighted by Gasteiger charge is 2.08. The lowest BCUT2D eigenvalue weighted by molar-refractivity contribution is 1.15. The first kappa shape index (κ1) is 19.0. The SMILES string of the molecule is C/C(=N\Nc1cc(-c2ccccc2)nc(-c2ccccc2)n1)c1ccc(Br)cc1. The molecule has 142 valence electrons. The highest BCUT2D eigenvalue weighted by molar-refractivity contribution is 9.10. The van der Waals surface area contributed by atoms with Crippen LogP contribution in [0.15, 0.2) is 101 Å². The fraction of sp³-hybridized carbons (Fsp3) is 0.0417. The Kier molecular flexibility index (Phi) is 5.77. The van der Waals surface area contributed by atoms with E-state index in [9.17, 15) is 0 Å². The lowest BCUT2D eigenvalue weighted by Crippen LogP contribution is -2.03. The van der Waals surface area contributed by atoms with Crippen LogP contribution in [0.2, 0.25) is 0 Å². The number of aromatic nitrogens is 2. The van der Waals surface area contributed by atoms with Crippen molar-refractivity contribution < 1.29 is 0 Å². The van der Waals surface area contributed by atoms with Crippen molar-refractivity contribution >= 4 is 27.5 Å². The van der Waals surface area contributed by atoms with Crippen LogP contribution in [-0.2, 0) is 0 Å². The van der Waals surface area contributed by atoms with Gasteiger partial charge in [0.2, 0.25) is 0 Å². The molecule has 3 aromatic carbocycles. The minimum Gasteiger partial charge on any atom is -0.261 e. The number of halogens is 1. The standard InChI is InChI=1S/C24H19BrN4/c1-17(18-12-14-21(25)15-13-18)28-29-23-16-22(19-8-4-2-5-9-19)26-24(27-23)20-10-6-3-7-11-20/h2-16H,1H3,(H,26,27,29)/b28-17+. The second kappa shape index (κ2) is 8.80. The van der Waals surface area contributed by atoms with E-state index in [1.54, 1.807) is 0 Å². The van der Waals surface area contributed by atoms with Crippen LogP contribution in [0.4, 0.5) is 5.82 Å². The van der Waals surface area contributed by atoms with E-state index in [0.29, 0.717) is 11.6 Å². The maximum absolute atomic E-state index is 4.76. The minimum atomic E-state index is 0.647. The molecule has 0 bridgehead atoms. The number of hydrogen-bond acceptors (Lipinski definition) is 4. The maximum Gasteiger partial charge on any atom is 0.162 e. The summed E-state index contributed by atoms with van der Waals surface area (Å²) in [7, 11) is 0. The molecule has 4 aromatic rings. The zero-order valence-electron chi connectivity index (χ0n) is 15.9. The third-order valence-corrected chi connectivity index (χ3v) is 4.96. The van der Waals surface area contributed by atoms with Gasteiger partial charge >= 0.3 is 0 Å². The molecule has 1 N–H and O–H groups in total. The summed E-state index contributed by atoms with van der Waals surface area (Å²) in [5, 5.41) is 4.52. The molecule has 0 spiro atoms. The quantitative estimate of drug-likeness (QED) is 0.287. The van der Waals surface area contributed by atoms with Crippen molar-refractivity contribution in [2.45, 2.75) is 6.92 Å². The van der Waals surface area contributed by atoms with Crippen molar-refractivity contribution in [2.75, 3.05) is 5.43 Å². The smallest absolute Gasteiger partial charge is 0.162 e. The van der Waals surface area contributed by atoms with Gasteiger partial charge in [0.1, 0.15) is 0 Å². The summed E-state index contributed by atoms with van der Waals surface area (Å²) in [6.45, 7) is 1.97. The van der Waals surface area contributed by atoms with Crippen molar-refractivity contribution in [2.24, 2.45) is 5.10 Å². The van der Waals surface area contributed by atoms with Crippen LogP contribution in [0.1, 0.15) is 12.5 Å². The van der Waals surface area contributed by atoms with E-state index >= 15 is 0 Å². The topological polar surface area (TPSA) is 50.2 Å². The second-order valence-corrected chi connectivity index (χ2v) is 7.43. The lowest BCUT2D eigenvalue weighted by Gasteiger charge is -2.09. The van der Waals surface area contributed by atoms with Crippen LogP contribution in [0.25, 0.3) is 22.6 Å². The van der Waals surface area contributed by atoms with E-state index < -0.39 is 0 Å². The van der Waals surface area contributed by atoms with Gasteiger partial charge < -0.3 is 0 Å². The summed E-state index contributed by atoms with van der Waals surface area (Å²) in [5.41, 5.74) is 7.86. The van der Waals surface area contributed by atoms with Gasteiger partial charge in [0, 0.05) is 21.7 Å². The first-order valence-corrected chi connectivity index (χ1v) is 10.0. The molecule has 5 heteroatoms. The zero-order valence-corrected chi connectivity index (χ0v) is 17.5. The molecule has 0 aliphatic carbocycles. The molecule has 29 heavy (non-hydrogen) atoms. The summed E-state index contributed by atoms with van der Waals surface area (Å²) in [5.74, 6) is 1.31. The second-order valence-electron chi connectivity index (χ2n) is 6.51. The Morgan fingerprint density at radius 3 is 2.07 bits per heavy atom. The summed E-state index contributed by atoms with van der Waals surface area (Å²) in [6.07, 6.45) is 0. The number of nitrogens with one attached hydrogen (secondary N) is 1. The number of hydrazone groups is 1. The third kappa shape index (κ3) is 4.76. The highest BCUT2D eigenvalue weighted by atomic mass is 79.9. The number of hydrogen-bond donors (Lipinski definition) is 1. The first-order valence-electron chi connectivity index (χ1n) is 9.25. The van der Waals surface area contributed by atoms with Gasteiger partial charge in [-0.15, -0.1) is 0 Å². The van der Waals surface area contributed by atoms with Crippen molar-refractivity contribution in [3.63, 3.8) is 0 Å². The Balaban J connectivity index is 1.70. The molecule has 0 amide bonds. The number of anilines is 1. The maximum atomic E-state index is 4.76. The lowest BCUT2D eigenvalue weighted by atomic mass is 10.1. The predicted octanol–water partition coefficient (Wildman–Crippen LogP) is 6.41. The molecule has 4 nitrogen and oxygen atoms in total. The van der Waals surface area contributed by atoms with Crippen LogP contribution < -0.4 is 5.43 Å². The fourth-order valence-corrected chi connectivity index (χ4v) is 3.14. The molecule has 0 saturated heterocycles. The molecular formula is C24H19BrN4. The molecule has 0 aliphatic rings. The Morgan fingerprint density at radius 2 is 1.41 bits per heavy atom. The van der Waals surface area contributed by atoms with Crippen molar-refractivity contribution in [1.29, 1.82) is 0 Å². The molecule has 1 aromatic heterocycles. The van der Waals surface area contributed by atoms with Crippen LogP contribution in [0, 0.1) is 0 Å². The summed E-state index contributed by atoms with van der Waals surface area (Å²) in [4.78, 5) is 9.44. The van der Waals surface area contributed by atoms with Gasteiger partial charge in [0.25, 0.3) is 0 Å². The van der Waals surface area contributed by atoms with E-state index in [2.05, 4.69) is 31.4 Å². The monoisotopic (exact) mass is 442 g/mol. The van der Waals surface area contributed by atoms with Gasteiger partial charge in [0.05, 0.1) is 11.4 Å². The molecule has 1 heterocycles. The average molecular weight is 443 g/mol. The van der Waals surface area contributed by atoms with Crippen LogP contribution in [0.3, 0.4) is 0 Å². The van der Waals surface area contributed by atoms with Gasteiger partial charge in [-0.2, -0.15) is 5.10 Å². The zero-order chi connectivity index (χ0) is 20.1. The molecule has 0 atom stereocenters. The van der Waals surface area contributed by atoms with Crippen LogP contribution in [0.5, 0.6) is 0 Å². The summed E-state index contributed by atoms with van der Waals surface area (Å²) in [6, 6.07) is 30.0. The fourth-order valence-electron chi connectivity index (χ4n) is 2.87. The molecular weight excluding hydrogens is 424 g/mol. The van der Waals surface area contributed by atoms with E-state index in [-0.39, 0.29) is 0 Å². The molecule has 0 aliphatic heterocycles. The molecule has 4 rings (SSSR count). The summed E-state index contributed by atoms with van der Waals surface area (Å²) < 4.78 is 1.04. The van der Waals surface area contributed by atoms with Crippen molar-refractivity contribution in [3.05, 3.63) is 101 Å². The predicted molar refractivity (Wildman–Crippen MR) is 123 cm³/mol. The Hall–Kier alpha value is -3.31. The van der Waals surface area contributed by atoms with Gasteiger partial charge in [-0.25, -0.2) is 9.97 Å². The van der Waals surface area contributed by atoms with E-state index in [0.717, 1.165) is 32.6 Å². The van der Waals surface area contributed by atoms with E-state index in [4.69, 9.17) is 4.98 Å². The van der Waals surface area contributed by atoms with Gasteiger partial charge in [-0.1, -0.05) is 88.7 Å². The Morgan fingerprint density at radius 1 is 0.793 bits per heavy atom. The van der Waals surface area contributed by atoms with Crippen LogP contribution >= 0.6 is 15.9 Å². The molecule has 0 unspecified atom stereocenters. The van der Waals surface area contributed by atoms with Gasteiger partial charge in [-0.3, -0.25) is 5.43 Å². The summed E-state index contributed by atoms with van der Waals surface area (Å²) >= 11 is 3.46. The normalized spacial score (nSPS) is 11.3. The largest absolute Gasteiger partial charge is 0.261 e. The molecule has 0 saturated carbocycles.